The van der Waals surface area contributed by atoms with Crippen molar-refractivity contribution in [2.24, 2.45) is 0 Å². The topological polar surface area (TPSA) is 58.6 Å². The number of ether oxygens (including phenoxy) is 1. The SMILES string of the molecule is Cc1cc(C)c(C)c(OCC(=O)N(Cc2ccccc2C)C(C)C(=O)NC2CCCCC2)c1. The molecule has 2 amide bonds. The second-order valence-electron chi connectivity index (χ2n) is 9.46. The molecule has 3 rings (SSSR count). The monoisotopic (exact) mass is 450 g/mol. The number of nitrogens with zero attached hydrogens (tertiary/aromatic N) is 1. The number of hydrogen-bond donors (Lipinski definition) is 1. The number of carbonyl (C=O) groups is 2. The summed E-state index contributed by atoms with van der Waals surface area (Å²) in [6, 6.07) is 11.7. The van der Waals surface area contributed by atoms with Crippen LogP contribution in [0.4, 0.5) is 0 Å². The molecule has 1 N–H and O–H groups in total. The molecule has 0 radical (unpaired) electrons. The number of benzene rings is 2. The van der Waals surface area contributed by atoms with Crippen LogP contribution < -0.4 is 10.1 Å². The third-order valence-corrected chi connectivity index (χ3v) is 6.84. The Balaban J connectivity index is 1.76. The van der Waals surface area contributed by atoms with E-state index in [0.717, 1.165) is 59.3 Å². The fourth-order valence-electron chi connectivity index (χ4n) is 4.50. The van der Waals surface area contributed by atoms with Gasteiger partial charge in [0.15, 0.2) is 6.61 Å². The van der Waals surface area contributed by atoms with Crippen molar-refractivity contribution >= 4 is 11.8 Å². The van der Waals surface area contributed by atoms with Gasteiger partial charge in [-0.15, -0.1) is 0 Å². The summed E-state index contributed by atoms with van der Waals surface area (Å²) < 4.78 is 5.97. The van der Waals surface area contributed by atoms with E-state index in [0.29, 0.717) is 6.54 Å². The Bertz CT molecular complexity index is 979. The summed E-state index contributed by atoms with van der Waals surface area (Å²) in [5.41, 5.74) is 5.39. The zero-order chi connectivity index (χ0) is 24.0. The minimum Gasteiger partial charge on any atom is -0.483 e. The van der Waals surface area contributed by atoms with Crippen LogP contribution in [-0.4, -0.2) is 35.4 Å². The Morgan fingerprint density at radius 2 is 1.73 bits per heavy atom. The van der Waals surface area contributed by atoms with Gasteiger partial charge in [0.1, 0.15) is 11.8 Å². The Labute approximate surface area is 198 Å². The summed E-state index contributed by atoms with van der Waals surface area (Å²) in [7, 11) is 0. The molecule has 1 aliphatic carbocycles. The molecular weight excluding hydrogens is 412 g/mol. The van der Waals surface area contributed by atoms with Gasteiger partial charge in [-0.05, 0) is 81.3 Å². The van der Waals surface area contributed by atoms with E-state index in [1.807, 2.05) is 65.0 Å². The van der Waals surface area contributed by atoms with E-state index in [1.165, 1.54) is 6.42 Å². The largest absolute Gasteiger partial charge is 0.483 e. The van der Waals surface area contributed by atoms with Crippen LogP contribution in [-0.2, 0) is 16.1 Å². The zero-order valence-corrected chi connectivity index (χ0v) is 20.7. The Kier molecular flexibility index (Phi) is 8.54. The van der Waals surface area contributed by atoms with Crippen molar-refractivity contribution in [3.05, 3.63) is 64.2 Å². The van der Waals surface area contributed by atoms with Crippen molar-refractivity contribution in [1.82, 2.24) is 10.2 Å². The Morgan fingerprint density at radius 1 is 1.03 bits per heavy atom. The van der Waals surface area contributed by atoms with Crippen LogP contribution >= 0.6 is 0 Å². The van der Waals surface area contributed by atoms with E-state index in [1.54, 1.807) is 4.90 Å². The van der Waals surface area contributed by atoms with E-state index in [-0.39, 0.29) is 24.5 Å². The molecule has 1 atom stereocenters. The maximum Gasteiger partial charge on any atom is 0.261 e. The second kappa shape index (κ2) is 11.4. The summed E-state index contributed by atoms with van der Waals surface area (Å²) >= 11 is 0. The molecule has 33 heavy (non-hydrogen) atoms. The zero-order valence-electron chi connectivity index (χ0n) is 20.7. The molecule has 1 aliphatic rings. The summed E-state index contributed by atoms with van der Waals surface area (Å²) in [5, 5.41) is 3.18. The average molecular weight is 451 g/mol. The van der Waals surface area contributed by atoms with E-state index in [2.05, 4.69) is 11.4 Å². The molecule has 0 saturated heterocycles. The highest BCUT2D eigenvalue weighted by Gasteiger charge is 2.28. The first-order chi connectivity index (χ1) is 15.8. The van der Waals surface area contributed by atoms with Crippen molar-refractivity contribution in [2.75, 3.05) is 6.61 Å². The first kappa shape index (κ1) is 24.8. The van der Waals surface area contributed by atoms with Gasteiger partial charge in [0, 0.05) is 12.6 Å². The number of carbonyl (C=O) groups excluding carboxylic acids is 2. The molecule has 178 valence electrons. The highest BCUT2D eigenvalue weighted by atomic mass is 16.5. The van der Waals surface area contributed by atoms with Crippen LogP contribution in [0.3, 0.4) is 0 Å². The quantitative estimate of drug-likeness (QED) is 0.604. The van der Waals surface area contributed by atoms with E-state index in [4.69, 9.17) is 4.74 Å². The van der Waals surface area contributed by atoms with Crippen molar-refractivity contribution in [3.8, 4) is 5.75 Å². The van der Waals surface area contributed by atoms with Crippen molar-refractivity contribution in [3.63, 3.8) is 0 Å². The number of aryl methyl sites for hydroxylation is 3. The lowest BCUT2D eigenvalue weighted by Gasteiger charge is -2.31. The highest BCUT2D eigenvalue weighted by molar-refractivity contribution is 5.88. The lowest BCUT2D eigenvalue weighted by atomic mass is 9.95. The normalized spacial score (nSPS) is 15.1. The predicted octanol–water partition coefficient (Wildman–Crippen LogP) is 5.17. The van der Waals surface area contributed by atoms with Crippen LogP contribution in [0.15, 0.2) is 36.4 Å². The Hall–Kier alpha value is -2.82. The molecule has 2 aromatic rings. The van der Waals surface area contributed by atoms with Crippen molar-refractivity contribution in [1.29, 1.82) is 0 Å². The van der Waals surface area contributed by atoms with Gasteiger partial charge in [-0.1, -0.05) is 49.6 Å². The molecule has 2 aromatic carbocycles. The molecular formula is C28H38N2O3. The fourth-order valence-corrected chi connectivity index (χ4v) is 4.50. The van der Waals surface area contributed by atoms with Crippen LogP contribution in [0.5, 0.6) is 5.75 Å². The van der Waals surface area contributed by atoms with Gasteiger partial charge < -0.3 is 15.0 Å². The van der Waals surface area contributed by atoms with Gasteiger partial charge in [0.2, 0.25) is 5.91 Å². The van der Waals surface area contributed by atoms with Crippen LogP contribution in [0.25, 0.3) is 0 Å². The molecule has 0 aliphatic heterocycles. The fraction of sp³-hybridized carbons (Fsp3) is 0.500. The number of rotatable bonds is 8. The first-order valence-electron chi connectivity index (χ1n) is 12.1. The second-order valence-corrected chi connectivity index (χ2v) is 9.46. The summed E-state index contributed by atoms with van der Waals surface area (Å²) in [4.78, 5) is 28.1. The number of nitrogens with one attached hydrogen (secondary N) is 1. The number of hydrogen-bond acceptors (Lipinski definition) is 3. The minimum atomic E-state index is -0.581. The number of amides is 2. The van der Waals surface area contributed by atoms with Gasteiger partial charge in [-0.3, -0.25) is 9.59 Å². The highest BCUT2D eigenvalue weighted by Crippen LogP contribution is 2.24. The molecule has 1 unspecified atom stereocenters. The molecule has 0 bridgehead atoms. The van der Waals surface area contributed by atoms with Gasteiger partial charge in [0.05, 0.1) is 0 Å². The standard InChI is InChI=1S/C28H38N2O3/c1-19-15-21(3)22(4)26(16-19)33-18-27(31)30(17-24-12-10-9-11-20(24)2)23(5)28(32)29-25-13-7-6-8-14-25/h9-12,15-16,23,25H,6-8,13-14,17-18H2,1-5H3,(H,29,32). The lowest BCUT2D eigenvalue weighted by molar-refractivity contribution is -0.142. The van der Waals surface area contributed by atoms with Gasteiger partial charge >= 0.3 is 0 Å². The molecule has 0 spiro atoms. The smallest absolute Gasteiger partial charge is 0.261 e. The van der Waals surface area contributed by atoms with Gasteiger partial charge in [0.25, 0.3) is 5.91 Å². The molecule has 0 aromatic heterocycles. The average Bonchev–Trinajstić information content (AvgIpc) is 2.80. The van der Waals surface area contributed by atoms with Crippen molar-refractivity contribution < 1.29 is 14.3 Å². The minimum absolute atomic E-state index is 0.0913. The van der Waals surface area contributed by atoms with E-state index in [9.17, 15) is 9.59 Å². The summed E-state index contributed by atoms with van der Waals surface area (Å²) in [5.74, 6) is 0.436. The van der Waals surface area contributed by atoms with Gasteiger partial charge in [-0.25, -0.2) is 0 Å². The Morgan fingerprint density at radius 3 is 2.42 bits per heavy atom. The summed E-state index contributed by atoms with van der Waals surface area (Å²) in [6.45, 7) is 10.2. The maximum atomic E-state index is 13.4. The maximum absolute atomic E-state index is 13.4. The van der Waals surface area contributed by atoms with Crippen LogP contribution in [0, 0.1) is 27.7 Å². The molecule has 5 nitrogen and oxygen atoms in total. The third-order valence-electron chi connectivity index (χ3n) is 6.84. The summed E-state index contributed by atoms with van der Waals surface area (Å²) in [6.07, 6.45) is 5.55. The predicted molar refractivity (Wildman–Crippen MR) is 132 cm³/mol. The lowest BCUT2D eigenvalue weighted by Crippen LogP contribution is -2.51. The van der Waals surface area contributed by atoms with E-state index < -0.39 is 6.04 Å². The molecule has 1 fully saturated rings. The first-order valence-corrected chi connectivity index (χ1v) is 12.1. The molecule has 0 heterocycles. The van der Waals surface area contributed by atoms with Crippen LogP contribution in [0.1, 0.15) is 66.8 Å². The van der Waals surface area contributed by atoms with Crippen molar-refractivity contribution in [2.45, 2.75) is 85.4 Å². The van der Waals surface area contributed by atoms with Crippen LogP contribution in [0.2, 0.25) is 0 Å². The molecule has 5 heteroatoms. The van der Waals surface area contributed by atoms with E-state index >= 15 is 0 Å². The van der Waals surface area contributed by atoms with Gasteiger partial charge in [-0.2, -0.15) is 0 Å². The third kappa shape index (κ3) is 6.59. The molecule has 1 saturated carbocycles.